The molecule has 0 spiro atoms. The van der Waals surface area contributed by atoms with Crippen LogP contribution >= 0.6 is 0 Å². The van der Waals surface area contributed by atoms with Crippen molar-refractivity contribution in [3.63, 3.8) is 0 Å². The van der Waals surface area contributed by atoms with E-state index < -0.39 is 0 Å². The molecule has 0 radical (unpaired) electrons. The van der Waals surface area contributed by atoms with Crippen molar-refractivity contribution in [3.05, 3.63) is 105 Å². The van der Waals surface area contributed by atoms with E-state index in [2.05, 4.69) is 51.3 Å². The average Bonchev–Trinajstić information content (AvgIpc) is 3.70. The Bertz CT molecular complexity index is 2580. The number of nitrogens with zero attached hydrogens (tertiary/aromatic N) is 7. The second-order valence-electron chi connectivity index (χ2n) is 14.4. The minimum absolute atomic E-state index is 0.00833. The van der Waals surface area contributed by atoms with Crippen LogP contribution < -0.4 is 25.4 Å². The molecule has 12 nitrogen and oxygen atoms in total. The van der Waals surface area contributed by atoms with E-state index >= 15 is 0 Å². The van der Waals surface area contributed by atoms with Gasteiger partial charge in [0, 0.05) is 93.5 Å². The highest BCUT2D eigenvalue weighted by Gasteiger charge is 2.33. The van der Waals surface area contributed by atoms with Crippen LogP contribution in [0.15, 0.2) is 70.4 Å². The molecule has 0 fully saturated rings. The summed E-state index contributed by atoms with van der Waals surface area (Å²) in [4.78, 5) is 42.0. The quantitative estimate of drug-likeness (QED) is 0.174. The second-order valence-corrected chi connectivity index (χ2v) is 14.4. The lowest BCUT2D eigenvalue weighted by atomic mass is 9.97. The summed E-state index contributed by atoms with van der Waals surface area (Å²) in [6, 6.07) is 13.4. The van der Waals surface area contributed by atoms with E-state index in [1.54, 1.807) is 19.4 Å². The molecular weight excluding hydrogens is 693 g/mol. The summed E-state index contributed by atoms with van der Waals surface area (Å²) in [6.07, 6.45) is 6.78. The zero-order chi connectivity index (χ0) is 38.4. The SMILES string of the molecule is COc1ccc2c3c(c(NCCN(C)CCCN(C)CCN=C4N=c5c(O)c(OC)ccc5=C5C4=Cc4cc(C)ncc45)nc2c1)C(=O)c1cc(C)ncc1-3. The van der Waals surface area contributed by atoms with Gasteiger partial charge in [-0.25, -0.2) is 9.98 Å². The minimum atomic E-state index is -0.0267. The van der Waals surface area contributed by atoms with Gasteiger partial charge in [0.2, 0.25) is 0 Å². The van der Waals surface area contributed by atoms with Gasteiger partial charge >= 0.3 is 0 Å². The summed E-state index contributed by atoms with van der Waals surface area (Å²) in [5, 5.41) is 16.7. The topological polar surface area (TPSA) is 138 Å². The molecule has 0 atom stereocenters. The van der Waals surface area contributed by atoms with Crippen molar-refractivity contribution in [3.8, 4) is 28.4 Å². The van der Waals surface area contributed by atoms with Crippen LogP contribution in [0.25, 0.3) is 33.7 Å². The summed E-state index contributed by atoms with van der Waals surface area (Å²) < 4.78 is 10.9. The molecule has 2 aromatic carbocycles. The maximum atomic E-state index is 13.7. The highest BCUT2D eigenvalue weighted by molar-refractivity contribution is 6.28. The normalized spacial score (nSPS) is 14.5. The molecule has 0 amide bonds. The number of phenols is 1. The van der Waals surface area contributed by atoms with Gasteiger partial charge in [-0.3, -0.25) is 19.8 Å². The summed E-state index contributed by atoms with van der Waals surface area (Å²) in [7, 11) is 7.39. The molecule has 3 aliphatic rings. The number of amidine groups is 1. The van der Waals surface area contributed by atoms with Crippen molar-refractivity contribution in [2.75, 3.05) is 72.9 Å². The number of aryl methyl sites for hydroxylation is 2. The highest BCUT2D eigenvalue weighted by atomic mass is 16.5. The minimum Gasteiger partial charge on any atom is -0.503 e. The third-order valence-electron chi connectivity index (χ3n) is 10.6. The van der Waals surface area contributed by atoms with Crippen LogP contribution in [-0.2, 0) is 0 Å². The van der Waals surface area contributed by atoms with Crippen LogP contribution in [0, 0.1) is 13.8 Å². The fraction of sp³-hybridized carbons (Fsp3) is 0.302. The van der Waals surface area contributed by atoms with E-state index in [0.717, 1.165) is 93.5 Å². The molecule has 4 heterocycles. The number of aromatic hydroxyl groups is 1. The smallest absolute Gasteiger partial charge is 0.198 e. The number of benzene rings is 2. The molecule has 0 saturated carbocycles. The number of methoxy groups -OCH3 is 2. The van der Waals surface area contributed by atoms with E-state index in [9.17, 15) is 9.90 Å². The van der Waals surface area contributed by atoms with Gasteiger partial charge in [-0.05, 0) is 95.5 Å². The van der Waals surface area contributed by atoms with E-state index in [0.29, 0.717) is 52.7 Å². The molecule has 55 heavy (non-hydrogen) atoms. The first-order chi connectivity index (χ1) is 26.6. The van der Waals surface area contributed by atoms with Gasteiger partial charge in [-0.1, -0.05) is 0 Å². The first kappa shape index (κ1) is 36.0. The molecule has 0 bridgehead atoms. The molecule has 5 aromatic rings. The molecule has 0 saturated heterocycles. The van der Waals surface area contributed by atoms with Crippen molar-refractivity contribution in [2.45, 2.75) is 20.3 Å². The van der Waals surface area contributed by atoms with Crippen molar-refractivity contribution in [1.29, 1.82) is 0 Å². The zero-order valence-corrected chi connectivity index (χ0v) is 32.0. The molecule has 2 aliphatic carbocycles. The monoisotopic (exact) mass is 736 g/mol. The number of hydrogen-bond donors (Lipinski definition) is 2. The number of hydrogen-bond acceptors (Lipinski definition) is 11. The van der Waals surface area contributed by atoms with Gasteiger partial charge in [0.15, 0.2) is 23.1 Å². The Morgan fingerprint density at radius 2 is 1.62 bits per heavy atom. The number of pyridine rings is 3. The number of carbonyl (C=O) groups is 1. The maximum Gasteiger partial charge on any atom is 0.198 e. The molecule has 2 N–H and O–H groups in total. The Hall–Kier alpha value is -5.98. The predicted octanol–water partition coefficient (Wildman–Crippen LogP) is 4.57. The molecule has 8 rings (SSSR count). The Labute approximate surface area is 319 Å². The Kier molecular flexibility index (Phi) is 9.62. The number of fused-ring (bicyclic) bond motifs is 9. The van der Waals surface area contributed by atoms with E-state index in [4.69, 9.17) is 24.4 Å². The summed E-state index contributed by atoms with van der Waals surface area (Å²) in [5.41, 5.74) is 9.51. The fourth-order valence-corrected chi connectivity index (χ4v) is 7.68. The van der Waals surface area contributed by atoms with Gasteiger partial charge in [-0.2, -0.15) is 0 Å². The number of carbonyl (C=O) groups excluding carboxylic acids is 1. The fourth-order valence-electron chi connectivity index (χ4n) is 7.68. The van der Waals surface area contributed by atoms with Crippen molar-refractivity contribution in [1.82, 2.24) is 24.8 Å². The Balaban J connectivity index is 0.888. The van der Waals surface area contributed by atoms with Crippen molar-refractivity contribution >= 4 is 40.0 Å². The molecule has 0 unspecified atom stereocenters. The number of rotatable bonds is 13. The van der Waals surface area contributed by atoms with Crippen LogP contribution in [-0.4, -0.2) is 109 Å². The van der Waals surface area contributed by atoms with Gasteiger partial charge in [0.25, 0.3) is 0 Å². The zero-order valence-electron chi connectivity index (χ0n) is 32.0. The maximum absolute atomic E-state index is 13.7. The summed E-state index contributed by atoms with van der Waals surface area (Å²) in [5.74, 6) is 2.25. The van der Waals surface area contributed by atoms with Crippen LogP contribution in [0.2, 0.25) is 0 Å². The van der Waals surface area contributed by atoms with E-state index in [1.807, 2.05) is 50.4 Å². The lowest BCUT2D eigenvalue weighted by Gasteiger charge is -2.21. The Morgan fingerprint density at radius 1 is 0.855 bits per heavy atom. The number of aromatic nitrogens is 3. The summed E-state index contributed by atoms with van der Waals surface area (Å²) in [6.45, 7) is 8.40. The first-order valence-corrected chi connectivity index (χ1v) is 18.5. The number of ketones is 1. The van der Waals surface area contributed by atoms with Gasteiger partial charge in [0.1, 0.15) is 16.9 Å². The molecule has 3 aromatic heterocycles. The van der Waals surface area contributed by atoms with Crippen LogP contribution in [0.5, 0.6) is 17.2 Å². The number of phenolic OH excluding ortho intramolecular Hbond substituents is 1. The molecule has 12 heteroatoms. The van der Waals surface area contributed by atoms with E-state index in [-0.39, 0.29) is 11.5 Å². The van der Waals surface area contributed by atoms with Crippen LogP contribution in [0.1, 0.15) is 44.9 Å². The lowest BCUT2D eigenvalue weighted by molar-refractivity contribution is 0.104. The standard InChI is InChI=1S/C43H44N8O4/c1-24-18-26-20-31-36(32(26)22-46-24)29-10-11-35(55-6)41(53)39(29)49-42(31)44-12-16-50(3)14-7-15-51(4)17-13-45-43-38-37(28-9-8-27(54-5)21-34(28)48-43)33-23-47-25(2)19-30(33)40(38)52/h8-11,18-23,53H,7,12-17H2,1-6H3,(H,45,48). The number of aliphatic imine (C=N–C) groups is 1. The van der Waals surface area contributed by atoms with Crippen LogP contribution in [0.4, 0.5) is 5.82 Å². The Morgan fingerprint density at radius 3 is 2.40 bits per heavy atom. The first-order valence-electron chi connectivity index (χ1n) is 18.5. The number of ether oxygens (including phenoxy) is 2. The average molecular weight is 737 g/mol. The predicted molar refractivity (Wildman–Crippen MR) is 215 cm³/mol. The third-order valence-corrected chi connectivity index (χ3v) is 10.6. The lowest BCUT2D eigenvalue weighted by Crippen LogP contribution is -2.34. The number of nitrogens with one attached hydrogen (secondary N) is 1. The molecule has 280 valence electrons. The molecular formula is C43H44N8O4. The van der Waals surface area contributed by atoms with Gasteiger partial charge in [0.05, 0.1) is 31.8 Å². The second kappa shape index (κ2) is 14.7. The van der Waals surface area contributed by atoms with Crippen molar-refractivity contribution < 1.29 is 19.4 Å². The van der Waals surface area contributed by atoms with Gasteiger partial charge < -0.3 is 29.7 Å². The summed E-state index contributed by atoms with van der Waals surface area (Å²) >= 11 is 0. The van der Waals surface area contributed by atoms with Gasteiger partial charge in [-0.15, -0.1) is 0 Å². The largest absolute Gasteiger partial charge is 0.503 e. The van der Waals surface area contributed by atoms with Crippen LogP contribution in [0.3, 0.4) is 0 Å². The molecule has 1 aliphatic heterocycles. The number of likely N-dealkylation sites (N-methyl/N-ethyl adjacent to an activating group) is 2. The number of anilines is 1. The van der Waals surface area contributed by atoms with Crippen molar-refractivity contribution in [2.24, 2.45) is 9.98 Å². The van der Waals surface area contributed by atoms with E-state index in [1.165, 1.54) is 7.11 Å². The third kappa shape index (κ3) is 6.61. The highest BCUT2D eigenvalue weighted by Crippen LogP contribution is 2.44.